The molecule has 0 bridgehead atoms. The van der Waals surface area contributed by atoms with Gasteiger partial charge in [0.25, 0.3) is 0 Å². The maximum Gasteiger partial charge on any atom is 0.333 e. The Kier molecular flexibility index (Phi) is 7.99. The van der Waals surface area contributed by atoms with Crippen LogP contribution in [0.15, 0.2) is 103 Å². The van der Waals surface area contributed by atoms with Crippen molar-refractivity contribution in [1.29, 1.82) is 0 Å². The summed E-state index contributed by atoms with van der Waals surface area (Å²) in [4.78, 5) is 12.3. The van der Waals surface area contributed by atoms with Crippen molar-refractivity contribution in [2.24, 2.45) is 0 Å². The van der Waals surface area contributed by atoms with Crippen LogP contribution in [0.5, 0.6) is 0 Å². The molecule has 1 atom stereocenters. The second kappa shape index (κ2) is 11.1. The molecule has 0 spiro atoms. The van der Waals surface area contributed by atoms with Gasteiger partial charge in [-0.1, -0.05) is 97.6 Å². The van der Waals surface area contributed by atoms with E-state index in [-0.39, 0.29) is 18.0 Å². The zero-order chi connectivity index (χ0) is 21.2. The van der Waals surface area contributed by atoms with E-state index in [2.05, 4.69) is 30.8 Å². The lowest BCUT2D eigenvalue weighted by Crippen LogP contribution is -2.26. The Bertz CT molecular complexity index is 881. The summed E-state index contributed by atoms with van der Waals surface area (Å²) in [6.07, 6.45) is 0.118. The maximum absolute atomic E-state index is 12.3. The second-order valence-electron chi connectivity index (χ2n) is 7.16. The van der Waals surface area contributed by atoms with Crippen LogP contribution in [-0.4, -0.2) is 18.7 Å². The van der Waals surface area contributed by atoms with E-state index in [0.717, 1.165) is 16.7 Å². The lowest BCUT2D eigenvalue weighted by atomic mass is 9.84. The summed E-state index contributed by atoms with van der Waals surface area (Å²) >= 11 is 0. The average Bonchev–Trinajstić information content (AvgIpc) is 2.80. The van der Waals surface area contributed by atoms with Crippen molar-refractivity contribution in [2.45, 2.75) is 32.0 Å². The number of hydrogen-bond acceptors (Lipinski definition) is 3. The van der Waals surface area contributed by atoms with Gasteiger partial charge in [0.15, 0.2) is 0 Å². The summed E-state index contributed by atoms with van der Waals surface area (Å²) in [6.45, 7) is 6.56. The molecule has 0 saturated heterocycles. The average molecular weight is 401 g/mol. The van der Waals surface area contributed by atoms with Crippen molar-refractivity contribution in [1.82, 2.24) is 0 Å². The van der Waals surface area contributed by atoms with E-state index >= 15 is 0 Å². The molecular weight excluding hydrogens is 372 g/mol. The minimum atomic E-state index is -0.370. The van der Waals surface area contributed by atoms with E-state index in [1.54, 1.807) is 6.92 Å². The van der Waals surface area contributed by atoms with Crippen molar-refractivity contribution in [2.75, 3.05) is 6.61 Å². The molecule has 0 aromatic heterocycles. The molecule has 3 aromatic rings. The molecule has 0 amide bonds. The number of carbonyl (C=O) groups excluding carboxylic acids is 1. The molecule has 3 nitrogen and oxygen atoms in total. The summed E-state index contributed by atoms with van der Waals surface area (Å²) in [5.74, 6) is -0.409. The van der Waals surface area contributed by atoms with Crippen molar-refractivity contribution in [3.63, 3.8) is 0 Å². The van der Waals surface area contributed by atoms with Gasteiger partial charge in [0, 0.05) is 17.9 Å². The van der Waals surface area contributed by atoms with Gasteiger partial charge in [-0.05, 0) is 23.6 Å². The smallest absolute Gasteiger partial charge is 0.333 e. The van der Waals surface area contributed by atoms with E-state index in [4.69, 9.17) is 9.47 Å². The summed E-state index contributed by atoms with van der Waals surface area (Å²) in [5, 5.41) is 0. The molecule has 0 radical (unpaired) electrons. The first-order chi connectivity index (χ1) is 14.7. The maximum atomic E-state index is 12.3. The topological polar surface area (TPSA) is 35.5 Å². The molecule has 0 unspecified atom stereocenters. The van der Waals surface area contributed by atoms with Crippen molar-refractivity contribution < 1.29 is 14.3 Å². The fourth-order valence-corrected chi connectivity index (χ4v) is 3.55. The highest BCUT2D eigenvalue weighted by Crippen LogP contribution is 2.33. The Balaban J connectivity index is 1.93. The molecule has 0 aliphatic rings. The van der Waals surface area contributed by atoms with Gasteiger partial charge in [-0.15, -0.1) is 0 Å². The summed E-state index contributed by atoms with van der Waals surface area (Å²) in [6, 6.07) is 30.6. The quantitative estimate of drug-likeness (QED) is 0.313. The molecule has 0 aliphatic carbocycles. The molecule has 3 rings (SSSR count). The van der Waals surface area contributed by atoms with Crippen LogP contribution in [-0.2, 0) is 20.9 Å². The van der Waals surface area contributed by atoms with Crippen LogP contribution in [0, 0.1) is 0 Å². The first-order valence-corrected chi connectivity index (χ1v) is 10.3. The second-order valence-corrected chi connectivity index (χ2v) is 7.16. The highest BCUT2D eigenvalue weighted by molar-refractivity contribution is 5.87. The van der Waals surface area contributed by atoms with Gasteiger partial charge in [-0.3, -0.25) is 0 Å². The van der Waals surface area contributed by atoms with Crippen LogP contribution >= 0.6 is 0 Å². The number of rotatable bonds is 10. The van der Waals surface area contributed by atoms with E-state index in [1.807, 2.05) is 66.7 Å². The van der Waals surface area contributed by atoms with E-state index in [9.17, 15) is 4.79 Å². The Labute approximate surface area is 179 Å². The Morgan fingerprint density at radius 1 is 0.833 bits per heavy atom. The molecule has 30 heavy (non-hydrogen) atoms. The van der Waals surface area contributed by atoms with Gasteiger partial charge in [-0.25, -0.2) is 4.79 Å². The highest BCUT2D eigenvalue weighted by Gasteiger charge is 2.28. The molecule has 0 heterocycles. The van der Waals surface area contributed by atoms with Crippen LogP contribution < -0.4 is 0 Å². The molecule has 0 fully saturated rings. The molecule has 0 N–H and O–H groups in total. The molecule has 154 valence electrons. The van der Waals surface area contributed by atoms with E-state index in [0.29, 0.717) is 25.2 Å². The lowest BCUT2D eigenvalue weighted by molar-refractivity contribution is -0.139. The van der Waals surface area contributed by atoms with Crippen molar-refractivity contribution in [3.05, 3.63) is 120 Å². The van der Waals surface area contributed by atoms with Gasteiger partial charge in [0.1, 0.15) is 0 Å². The monoisotopic (exact) mass is 400 g/mol. The van der Waals surface area contributed by atoms with E-state index < -0.39 is 0 Å². The van der Waals surface area contributed by atoms with E-state index in [1.165, 1.54) is 0 Å². The van der Waals surface area contributed by atoms with Crippen LogP contribution in [0.4, 0.5) is 0 Å². The minimum absolute atomic E-state index is 0.0395. The normalized spacial score (nSPS) is 11.8. The fraction of sp³-hybridized carbons (Fsp3) is 0.222. The lowest BCUT2D eigenvalue weighted by Gasteiger charge is -2.29. The third kappa shape index (κ3) is 5.91. The number of carbonyl (C=O) groups is 1. The zero-order valence-electron chi connectivity index (χ0n) is 17.4. The molecule has 0 aliphatic heterocycles. The SMILES string of the molecule is C=C(C[C@@H](OCc1ccccc1)C(c1ccccc1)c1ccccc1)C(=O)OCC. The Hall–Kier alpha value is -3.17. The Morgan fingerprint density at radius 2 is 1.33 bits per heavy atom. The molecular formula is C27H28O3. The number of hydrogen-bond donors (Lipinski definition) is 0. The van der Waals surface area contributed by atoms with Crippen LogP contribution in [0.3, 0.4) is 0 Å². The first kappa shape index (κ1) is 21.5. The van der Waals surface area contributed by atoms with Crippen molar-refractivity contribution >= 4 is 5.97 Å². The van der Waals surface area contributed by atoms with Crippen LogP contribution in [0.2, 0.25) is 0 Å². The first-order valence-electron chi connectivity index (χ1n) is 10.3. The zero-order valence-corrected chi connectivity index (χ0v) is 17.4. The minimum Gasteiger partial charge on any atom is -0.463 e. The largest absolute Gasteiger partial charge is 0.463 e. The Morgan fingerprint density at radius 3 is 1.83 bits per heavy atom. The number of ether oxygens (including phenoxy) is 2. The summed E-state index contributed by atoms with van der Waals surface area (Å²) in [5.41, 5.74) is 3.78. The van der Waals surface area contributed by atoms with Crippen LogP contribution in [0.25, 0.3) is 0 Å². The van der Waals surface area contributed by atoms with Gasteiger partial charge in [0.2, 0.25) is 0 Å². The van der Waals surface area contributed by atoms with Gasteiger partial charge in [-0.2, -0.15) is 0 Å². The summed E-state index contributed by atoms with van der Waals surface area (Å²) in [7, 11) is 0. The molecule has 3 heteroatoms. The number of esters is 1. The highest BCUT2D eigenvalue weighted by atomic mass is 16.5. The van der Waals surface area contributed by atoms with Gasteiger partial charge >= 0.3 is 5.97 Å². The summed E-state index contributed by atoms with van der Waals surface area (Å²) < 4.78 is 11.6. The standard InChI is InChI=1S/C27H28O3/c1-3-29-27(28)21(2)19-25(30-20-22-13-7-4-8-14-22)26(23-15-9-5-10-16-23)24-17-11-6-12-18-24/h4-18,25-26H,2-3,19-20H2,1H3/t25-/m1/s1. The van der Waals surface area contributed by atoms with Crippen molar-refractivity contribution in [3.8, 4) is 0 Å². The van der Waals surface area contributed by atoms with Gasteiger partial charge in [0.05, 0.1) is 19.3 Å². The molecule has 0 saturated carbocycles. The third-order valence-corrected chi connectivity index (χ3v) is 5.01. The molecule has 3 aromatic carbocycles. The predicted molar refractivity (Wildman–Crippen MR) is 120 cm³/mol. The fourth-order valence-electron chi connectivity index (χ4n) is 3.55. The van der Waals surface area contributed by atoms with Gasteiger partial charge < -0.3 is 9.47 Å². The van der Waals surface area contributed by atoms with Crippen LogP contribution in [0.1, 0.15) is 36.0 Å². The number of benzene rings is 3. The predicted octanol–water partition coefficient (Wildman–Crippen LogP) is 5.91. The third-order valence-electron chi connectivity index (χ3n) is 5.01.